The van der Waals surface area contributed by atoms with E-state index in [1.165, 1.54) is 0 Å². The number of carboxylic acid groups (broad SMARTS) is 1. The Balaban J connectivity index is 2.72. The van der Waals surface area contributed by atoms with Crippen LogP contribution in [0.3, 0.4) is 0 Å². The third-order valence-electron chi connectivity index (χ3n) is 2.13. The second-order valence-corrected chi connectivity index (χ2v) is 3.40. The van der Waals surface area contributed by atoms with Crippen molar-refractivity contribution in [3.8, 4) is 0 Å². The maximum Gasteiger partial charge on any atom is 0.314 e. The first kappa shape index (κ1) is 10.8. The average Bonchev–Trinajstić information content (AvgIpc) is 2.52. The quantitative estimate of drug-likeness (QED) is 0.786. The zero-order chi connectivity index (χ0) is 10.6. The highest BCUT2D eigenvalue weighted by molar-refractivity contribution is 5.75. The molecule has 0 aliphatic heterocycles. The lowest BCUT2D eigenvalue weighted by Gasteiger charge is -2.06. The number of aryl methyl sites for hydroxylation is 1. The molecule has 0 amide bonds. The van der Waals surface area contributed by atoms with Crippen LogP contribution in [0.15, 0.2) is 10.6 Å². The zero-order valence-corrected chi connectivity index (χ0v) is 8.49. The summed E-state index contributed by atoms with van der Waals surface area (Å²) in [5.41, 5.74) is 0.725. The standard InChI is InChI=1S/C10H15NO3/c1-3-4-5-8(10(12)13)9-6-7(2)11-14-9/h6,8H,3-5H2,1-2H3,(H,12,13). The molecule has 0 aromatic carbocycles. The monoisotopic (exact) mass is 197 g/mol. The maximum absolute atomic E-state index is 10.9. The van der Waals surface area contributed by atoms with E-state index in [1.807, 2.05) is 6.92 Å². The molecule has 1 atom stereocenters. The largest absolute Gasteiger partial charge is 0.481 e. The van der Waals surface area contributed by atoms with Gasteiger partial charge in [0.25, 0.3) is 0 Å². The molecule has 4 nitrogen and oxygen atoms in total. The lowest BCUT2D eigenvalue weighted by molar-refractivity contribution is -0.139. The molecule has 78 valence electrons. The van der Waals surface area contributed by atoms with Crippen molar-refractivity contribution in [2.24, 2.45) is 0 Å². The number of carboxylic acids is 1. The number of aliphatic carboxylic acids is 1. The molecule has 0 spiro atoms. The van der Waals surface area contributed by atoms with Crippen LogP contribution in [0.4, 0.5) is 0 Å². The Kier molecular flexibility index (Phi) is 3.68. The van der Waals surface area contributed by atoms with E-state index in [9.17, 15) is 4.79 Å². The highest BCUT2D eigenvalue weighted by atomic mass is 16.5. The van der Waals surface area contributed by atoms with E-state index in [0.29, 0.717) is 12.2 Å². The van der Waals surface area contributed by atoms with E-state index >= 15 is 0 Å². The Morgan fingerprint density at radius 3 is 2.86 bits per heavy atom. The number of hydrogen-bond acceptors (Lipinski definition) is 3. The summed E-state index contributed by atoms with van der Waals surface area (Å²) in [6.07, 6.45) is 2.48. The number of hydrogen-bond donors (Lipinski definition) is 1. The van der Waals surface area contributed by atoms with Crippen LogP contribution in [0, 0.1) is 6.92 Å². The number of rotatable bonds is 5. The van der Waals surface area contributed by atoms with Crippen molar-refractivity contribution in [3.05, 3.63) is 17.5 Å². The Labute approximate surface area is 82.9 Å². The minimum Gasteiger partial charge on any atom is -0.481 e. The minimum absolute atomic E-state index is 0.462. The van der Waals surface area contributed by atoms with Crippen molar-refractivity contribution < 1.29 is 14.4 Å². The van der Waals surface area contributed by atoms with E-state index in [0.717, 1.165) is 18.5 Å². The molecular weight excluding hydrogens is 182 g/mol. The van der Waals surface area contributed by atoms with Gasteiger partial charge in [-0.05, 0) is 13.3 Å². The summed E-state index contributed by atoms with van der Waals surface area (Å²) in [4.78, 5) is 10.9. The Bertz CT molecular complexity index is 306. The van der Waals surface area contributed by atoms with Gasteiger partial charge in [-0.15, -0.1) is 0 Å². The highest BCUT2D eigenvalue weighted by Gasteiger charge is 2.23. The van der Waals surface area contributed by atoms with Crippen LogP contribution in [-0.4, -0.2) is 16.2 Å². The zero-order valence-electron chi connectivity index (χ0n) is 8.49. The van der Waals surface area contributed by atoms with Gasteiger partial charge in [0.05, 0.1) is 5.69 Å². The minimum atomic E-state index is -0.838. The molecule has 0 aliphatic carbocycles. The van der Waals surface area contributed by atoms with E-state index < -0.39 is 11.9 Å². The molecule has 0 bridgehead atoms. The molecule has 4 heteroatoms. The summed E-state index contributed by atoms with van der Waals surface area (Å²) in [6, 6.07) is 1.69. The van der Waals surface area contributed by atoms with Gasteiger partial charge in [-0.2, -0.15) is 0 Å². The maximum atomic E-state index is 10.9. The first-order valence-electron chi connectivity index (χ1n) is 4.81. The fraction of sp³-hybridized carbons (Fsp3) is 0.600. The van der Waals surface area contributed by atoms with Gasteiger partial charge in [0, 0.05) is 6.07 Å². The van der Waals surface area contributed by atoms with Gasteiger partial charge in [-0.1, -0.05) is 24.9 Å². The van der Waals surface area contributed by atoms with E-state index in [1.54, 1.807) is 13.0 Å². The van der Waals surface area contributed by atoms with Crippen LogP contribution in [0.1, 0.15) is 43.6 Å². The summed E-state index contributed by atoms with van der Waals surface area (Å²) in [5, 5.41) is 12.7. The molecule has 0 saturated carbocycles. The van der Waals surface area contributed by atoms with Crippen molar-refractivity contribution >= 4 is 5.97 Å². The van der Waals surface area contributed by atoms with Gasteiger partial charge in [0.2, 0.25) is 0 Å². The summed E-state index contributed by atoms with van der Waals surface area (Å²) in [6.45, 7) is 3.82. The van der Waals surface area contributed by atoms with Crippen molar-refractivity contribution in [1.82, 2.24) is 5.16 Å². The molecule has 0 aliphatic rings. The van der Waals surface area contributed by atoms with Gasteiger partial charge in [-0.25, -0.2) is 0 Å². The molecule has 1 unspecified atom stereocenters. The Hall–Kier alpha value is -1.32. The molecule has 0 saturated heterocycles. The molecule has 0 fully saturated rings. The van der Waals surface area contributed by atoms with Crippen LogP contribution < -0.4 is 0 Å². The number of carbonyl (C=O) groups is 1. The molecule has 14 heavy (non-hydrogen) atoms. The first-order chi connectivity index (χ1) is 6.65. The van der Waals surface area contributed by atoms with Gasteiger partial charge >= 0.3 is 5.97 Å². The smallest absolute Gasteiger partial charge is 0.314 e. The fourth-order valence-corrected chi connectivity index (χ4v) is 1.34. The predicted octanol–water partition coefficient (Wildman–Crippen LogP) is 2.34. The number of unbranched alkanes of at least 4 members (excludes halogenated alkanes) is 1. The molecular formula is C10H15NO3. The normalized spacial score (nSPS) is 12.7. The van der Waals surface area contributed by atoms with Crippen molar-refractivity contribution in [2.75, 3.05) is 0 Å². The second kappa shape index (κ2) is 4.79. The third-order valence-corrected chi connectivity index (χ3v) is 2.13. The molecule has 0 radical (unpaired) electrons. The van der Waals surface area contributed by atoms with Crippen LogP contribution in [0.5, 0.6) is 0 Å². The lowest BCUT2D eigenvalue weighted by Crippen LogP contribution is -2.10. The molecule has 1 rings (SSSR count). The van der Waals surface area contributed by atoms with Crippen LogP contribution in [0.2, 0.25) is 0 Å². The van der Waals surface area contributed by atoms with Crippen LogP contribution >= 0.6 is 0 Å². The van der Waals surface area contributed by atoms with Crippen LogP contribution in [-0.2, 0) is 4.79 Å². The van der Waals surface area contributed by atoms with E-state index in [4.69, 9.17) is 9.63 Å². The number of aromatic nitrogens is 1. The lowest BCUT2D eigenvalue weighted by atomic mass is 9.99. The summed E-state index contributed by atoms with van der Waals surface area (Å²) in [7, 11) is 0. The first-order valence-corrected chi connectivity index (χ1v) is 4.81. The summed E-state index contributed by atoms with van der Waals surface area (Å²) in [5.74, 6) is -0.922. The molecule has 1 N–H and O–H groups in total. The summed E-state index contributed by atoms with van der Waals surface area (Å²) < 4.78 is 4.95. The van der Waals surface area contributed by atoms with E-state index in [-0.39, 0.29) is 0 Å². The van der Waals surface area contributed by atoms with Crippen molar-refractivity contribution in [2.45, 2.75) is 39.0 Å². The van der Waals surface area contributed by atoms with Crippen molar-refractivity contribution in [3.63, 3.8) is 0 Å². The Morgan fingerprint density at radius 2 is 2.43 bits per heavy atom. The van der Waals surface area contributed by atoms with Crippen LogP contribution in [0.25, 0.3) is 0 Å². The molecule has 1 aromatic rings. The average molecular weight is 197 g/mol. The van der Waals surface area contributed by atoms with Gasteiger partial charge in [0.15, 0.2) is 5.76 Å². The summed E-state index contributed by atoms with van der Waals surface area (Å²) >= 11 is 0. The SMILES string of the molecule is CCCCC(C(=O)O)c1cc(C)no1. The van der Waals surface area contributed by atoms with E-state index in [2.05, 4.69) is 5.16 Å². The van der Waals surface area contributed by atoms with Crippen molar-refractivity contribution in [1.29, 1.82) is 0 Å². The second-order valence-electron chi connectivity index (χ2n) is 3.40. The number of nitrogens with zero attached hydrogens (tertiary/aromatic N) is 1. The third kappa shape index (κ3) is 2.58. The fourth-order valence-electron chi connectivity index (χ4n) is 1.34. The Morgan fingerprint density at radius 1 is 1.71 bits per heavy atom. The molecule has 1 heterocycles. The topological polar surface area (TPSA) is 63.3 Å². The van der Waals surface area contributed by atoms with Gasteiger partial charge in [0.1, 0.15) is 5.92 Å². The highest BCUT2D eigenvalue weighted by Crippen LogP contribution is 2.22. The van der Waals surface area contributed by atoms with Gasteiger partial charge in [-0.3, -0.25) is 4.79 Å². The molecule has 1 aromatic heterocycles. The predicted molar refractivity (Wildman–Crippen MR) is 51.1 cm³/mol. The van der Waals surface area contributed by atoms with Gasteiger partial charge < -0.3 is 9.63 Å².